The minimum Gasteiger partial charge on any atom is -0.357 e. The van der Waals surface area contributed by atoms with Gasteiger partial charge in [0.05, 0.1) is 17.6 Å². The minimum atomic E-state index is -0.0705. The number of anilines is 1. The summed E-state index contributed by atoms with van der Waals surface area (Å²) in [5.74, 6) is 0.491. The number of nitrogens with one attached hydrogen (secondary N) is 1. The van der Waals surface area contributed by atoms with Crippen LogP contribution in [0.3, 0.4) is 0 Å². The Balaban J connectivity index is 1.83. The Hall–Kier alpha value is -3.61. The average molecular weight is 372 g/mol. The number of benzene rings is 1. The maximum Gasteiger partial charge on any atom is 0.260 e. The van der Waals surface area contributed by atoms with Crippen LogP contribution in [0.25, 0.3) is 33.4 Å². The van der Waals surface area contributed by atoms with Crippen molar-refractivity contribution in [3.63, 3.8) is 0 Å². The number of hydrogen-bond acceptors (Lipinski definition) is 6. The van der Waals surface area contributed by atoms with Crippen LogP contribution >= 0.6 is 0 Å². The average Bonchev–Trinajstić information content (AvgIpc) is 2.73. The van der Waals surface area contributed by atoms with Crippen molar-refractivity contribution in [1.82, 2.24) is 24.5 Å². The van der Waals surface area contributed by atoms with Crippen molar-refractivity contribution in [2.75, 3.05) is 12.4 Å². The Morgan fingerprint density at radius 1 is 1.04 bits per heavy atom. The second-order valence-corrected chi connectivity index (χ2v) is 6.45. The van der Waals surface area contributed by atoms with Gasteiger partial charge in [0, 0.05) is 42.5 Å². The summed E-state index contributed by atoms with van der Waals surface area (Å²) in [7, 11) is 1.75. The van der Waals surface area contributed by atoms with Gasteiger partial charge in [-0.25, -0.2) is 9.97 Å². The molecule has 0 fully saturated rings. The molecule has 0 spiro atoms. The lowest BCUT2D eigenvalue weighted by molar-refractivity contribution is 0.750. The summed E-state index contributed by atoms with van der Waals surface area (Å²) in [6.07, 6.45) is 5.19. The molecule has 0 bridgehead atoms. The second-order valence-electron chi connectivity index (χ2n) is 6.45. The van der Waals surface area contributed by atoms with Gasteiger partial charge in [-0.1, -0.05) is 24.3 Å². The number of aromatic nitrogens is 5. The molecule has 0 aliphatic rings. The lowest BCUT2D eigenvalue weighted by Gasteiger charge is -2.11. The summed E-state index contributed by atoms with van der Waals surface area (Å²) in [5.41, 5.74) is 4.65. The molecule has 0 atom stereocenters. The molecule has 3 aromatic heterocycles. The van der Waals surface area contributed by atoms with E-state index in [0.717, 1.165) is 27.9 Å². The van der Waals surface area contributed by atoms with E-state index in [0.29, 0.717) is 23.7 Å². The number of pyridine rings is 1. The molecule has 0 radical (unpaired) electrons. The molecule has 0 saturated heterocycles. The highest BCUT2D eigenvalue weighted by molar-refractivity contribution is 5.82. The molecule has 1 N–H and O–H groups in total. The van der Waals surface area contributed by atoms with Crippen LogP contribution < -0.4 is 10.9 Å². The lowest BCUT2D eigenvalue weighted by Crippen LogP contribution is -2.22. The second kappa shape index (κ2) is 7.19. The quantitative estimate of drug-likeness (QED) is 0.592. The molecule has 7 nitrogen and oxygen atoms in total. The van der Waals surface area contributed by atoms with Gasteiger partial charge in [0.15, 0.2) is 0 Å². The molecule has 140 valence electrons. The Morgan fingerprint density at radius 2 is 1.79 bits per heavy atom. The van der Waals surface area contributed by atoms with E-state index in [-0.39, 0.29) is 5.56 Å². The smallest absolute Gasteiger partial charge is 0.260 e. The van der Waals surface area contributed by atoms with Crippen molar-refractivity contribution >= 4 is 17.0 Å². The summed E-state index contributed by atoms with van der Waals surface area (Å²) >= 11 is 0. The highest BCUT2D eigenvalue weighted by atomic mass is 16.1. The number of hydrogen-bond donors (Lipinski definition) is 1. The monoisotopic (exact) mass is 372 g/mol. The first-order valence-corrected chi connectivity index (χ1v) is 9.08. The fourth-order valence-electron chi connectivity index (χ4n) is 3.20. The van der Waals surface area contributed by atoms with Crippen molar-refractivity contribution in [2.45, 2.75) is 20.4 Å². The van der Waals surface area contributed by atoms with Crippen molar-refractivity contribution < 1.29 is 0 Å². The van der Waals surface area contributed by atoms with Crippen molar-refractivity contribution in [1.29, 1.82) is 0 Å². The SMILES string of the molecule is CCn1c(=O)c(-c2ccc(-c3cncc(C)n3)cc2)cc2cnc(NC)nc21. The normalized spacial score (nSPS) is 11.0. The zero-order valence-electron chi connectivity index (χ0n) is 16.0. The van der Waals surface area contributed by atoms with Crippen molar-refractivity contribution in [2.24, 2.45) is 0 Å². The van der Waals surface area contributed by atoms with Gasteiger partial charge in [-0.2, -0.15) is 4.98 Å². The first-order valence-electron chi connectivity index (χ1n) is 9.08. The molecule has 0 unspecified atom stereocenters. The summed E-state index contributed by atoms with van der Waals surface area (Å²) in [5, 5.41) is 3.74. The van der Waals surface area contributed by atoms with Gasteiger partial charge < -0.3 is 5.32 Å². The van der Waals surface area contributed by atoms with Crippen LogP contribution in [-0.4, -0.2) is 31.6 Å². The third-order valence-electron chi connectivity index (χ3n) is 4.61. The van der Waals surface area contributed by atoms with Gasteiger partial charge in [-0.15, -0.1) is 0 Å². The maximum atomic E-state index is 13.1. The summed E-state index contributed by atoms with van der Waals surface area (Å²) in [6, 6.07) is 9.64. The summed E-state index contributed by atoms with van der Waals surface area (Å²) < 4.78 is 1.67. The molecule has 1 aromatic carbocycles. The highest BCUT2D eigenvalue weighted by Crippen LogP contribution is 2.24. The maximum absolute atomic E-state index is 13.1. The number of nitrogens with zero attached hydrogens (tertiary/aromatic N) is 5. The van der Waals surface area contributed by atoms with Crippen molar-refractivity contribution in [3.05, 3.63) is 65.0 Å². The van der Waals surface area contributed by atoms with Gasteiger partial charge >= 0.3 is 0 Å². The van der Waals surface area contributed by atoms with E-state index in [1.807, 2.05) is 44.2 Å². The Morgan fingerprint density at radius 3 is 2.46 bits per heavy atom. The van der Waals surface area contributed by atoms with E-state index in [1.54, 1.807) is 30.2 Å². The van der Waals surface area contributed by atoms with E-state index in [4.69, 9.17) is 0 Å². The van der Waals surface area contributed by atoms with Crippen molar-refractivity contribution in [3.8, 4) is 22.4 Å². The van der Waals surface area contributed by atoms with Crippen LogP contribution in [0.4, 0.5) is 5.95 Å². The van der Waals surface area contributed by atoms with Gasteiger partial charge in [0.25, 0.3) is 5.56 Å². The van der Waals surface area contributed by atoms with Gasteiger partial charge in [0.2, 0.25) is 5.95 Å². The molecule has 0 aliphatic carbocycles. The van der Waals surface area contributed by atoms with E-state index >= 15 is 0 Å². The first-order chi connectivity index (χ1) is 13.6. The molecule has 0 amide bonds. The molecular weight excluding hydrogens is 352 g/mol. The van der Waals surface area contributed by atoms with Crippen LogP contribution in [0.2, 0.25) is 0 Å². The van der Waals surface area contributed by atoms with E-state index in [9.17, 15) is 4.79 Å². The Bertz CT molecular complexity index is 1210. The van der Waals surface area contributed by atoms with Crippen LogP contribution in [0, 0.1) is 6.92 Å². The van der Waals surface area contributed by atoms with E-state index < -0.39 is 0 Å². The first kappa shape index (κ1) is 17.8. The van der Waals surface area contributed by atoms with Crippen LogP contribution in [-0.2, 0) is 6.54 Å². The fourth-order valence-corrected chi connectivity index (χ4v) is 3.20. The Kier molecular flexibility index (Phi) is 4.57. The predicted molar refractivity (Wildman–Crippen MR) is 110 cm³/mol. The number of rotatable bonds is 4. The summed E-state index contributed by atoms with van der Waals surface area (Å²) in [4.78, 5) is 30.5. The zero-order chi connectivity index (χ0) is 19.7. The minimum absolute atomic E-state index is 0.0705. The summed E-state index contributed by atoms with van der Waals surface area (Å²) in [6.45, 7) is 4.38. The topological polar surface area (TPSA) is 85.6 Å². The largest absolute Gasteiger partial charge is 0.357 e. The highest BCUT2D eigenvalue weighted by Gasteiger charge is 2.13. The standard InChI is InChI=1S/C21H20N6O/c1-4-27-19-16(11-24-21(22-3)26-19)9-17(20(27)28)14-5-7-15(8-6-14)18-12-23-10-13(2)25-18/h5-12H,4H2,1-3H3,(H,22,24,26). The van der Waals surface area contributed by atoms with Gasteiger partial charge in [0.1, 0.15) is 5.65 Å². The molecule has 0 aliphatic heterocycles. The molecule has 4 rings (SSSR count). The third kappa shape index (κ3) is 3.11. The number of aryl methyl sites for hydroxylation is 2. The van der Waals surface area contributed by atoms with E-state index in [2.05, 4.69) is 25.3 Å². The predicted octanol–water partition coefficient (Wildman–Crippen LogP) is 3.29. The van der Waals surface area contributed by atoms with Crippen LogP contribution in [0.1, 0.15) is 12.6 Å². The van der Waals surface area contributed by atoms with Crippen LogP contribution in [0.15, 0.2) is 53.7 Å². The van der Waals surface area contributed by atoms with Gasteiger partial charge in [-0.3, -0.25) is 14.3 Å². The lowest BCUT2D eigenvalue weighted by atomic mass is 10.0. The third-order valence-corrected chi connectivity index (χ3v) is 4.61. The molecule has 7 heteroatoms. The molecular formula is C21H20N6O. The molecule has 4 aromatic rings. The fraction of sp³-hybridized carbons (Fsp3) is 0.190. The molecule has 28 heavy (non-hydrogen) atoms. The Labute approximate surface area is 162 Å². The van der Waals surface area contributed by atoms with E-state index in [1.165, 1.54) is 0 Å². The molecule has 3 heterocycles. The van der Waals surface area contributed by atoms with Gasteiger partial charge in [-0.05, 0) is 25.5 Å². The van der Waals surface area contributed by atoms with Crippen LogP contribution in [0.5, 0.6) is 0 Å². The number of fused-ring (bicyclic) bond motifs is 1. The molecule has 0 saturated carbocycles. The zero-order valence-corrected chi connectivity index (χ0v) is 16.0.